The predicted octanol–water partition coefficient (Wildman–Crippen LogP) is 5.96. The molecule has 2 aromatic carbocycles. The molecule has 0 N–H and O–H groups in total. The van der Waals surface area contributed by atoms with Gasteiger partial charge in [-0.2, -0.15) is 0 Å². The highest BCUT2D eigenvalue weighted by Crippen LogP contribution is 2.30. The van der Waals surface area contributed by atoms with Crippen LogP contribution in [-0.4, -0.2) is 29.4 Å². The summed E-state index contributed by atoms with van der Waals surface area (Å²) in [7, 11) is 0. The maximum Gasteiger partial charge on any atom is 0.194 e. The summed E-state index contributed by atoms with van der Waals surface area (Å²) in [4.78, 5) is 13.7. The first-order valence-corrected chi connectivity index (χ1v) is 11.5. The summed E-state index contributed by atoms with van der Waals surface area (Å²) in [6.07, 6.45) is 6.34. The molecule has 0 spiro atoms. The molecule has 2 nitrogen and oxygen atoms in total. The fourth-order valence-corrected chi connectivity index (χ4v) is 5.37. The van der Waals surface area contributed by atoms with Gasteiger partial charge in [-0.3, -0.25) is 4.79 Å². The minimum absolute atomic E-state index is 0.0968. The van der Waals surface area contributed by atoms with E-state index >= 15 is 0 Å². The number of nitrogens with zero attached hydrogens (tertiary/aromatic N) is 1. The third kappa shape index (κ3) is 4.98. The zero-order chi connectivity index (χ0) is 20.9. The second kappa shape index (κ2) is 9.71. The van der Waals surface area contributed by atoms with Crippen LogP contribution in [0.3, 0.4) is 0 Å². The smallest absolute Gasteiger partial charge is 0.194 e. The number of ketones is 1. The van der Waals surface area contributed by atoms with Gasteiger partial charge in [0.15, 0.2) is 5.78 Å². The number of Topliss-reactive ketones (excluding diaryl/α,β-unsaturated/α-hetero) is 1. The number of carbonyl (C=O) groups is 1. The van der Waals surface area contributed by atoms with Crippen molar-refractivity contribution in [1.82, 2.24) is 0 Å². The van der Waals surface area contributed by atoms with Crippen LogP contribution in [0.4, 0.5) is 0 Å². The van der Waals surface area contributed by atoms with Crippen molar-refractivity contribution in [1.29, 1.82) is 0 Å². The summed E-state index contributed by atoms with van der Waals surface area (Å²) in [5, 5.41) is 0. The van der Waals surface area contributed by atoms with Crippen LogP contribution in [-0.2, 0) is 24.2 Å². The largest absolute Gasteiger partial charge is 0.311 e. The molecule has 2 heteroatoms. The normalized spacial score (nSPS) is 17.1. The molecule has 1 fully saturated rings. The molecule has 0 saturated carbocycles. The molecule has 1 unspecified atom stereocenters. The lowest BCUT2D eigenvalue weighted by Crippen LogP contribution is -2.60. The molecule has 29 heavy (non-hydrogen) atoms. The number of benzene rings is 2. The van der Waals surface area contributed by atoms with Crippen LogP contribution in [0.25, 0.3) is 0 Å². The lowest BCUT2D eigenvalue weighted by Gasteiger charge is -2.46. The molecule has 1 heterocycles. The molecular formula is C27H38NO+. The van der Waals surface area contributed by atoms with E-state index in [1.165, 1.54) is 47.1 Å². The fourth-order valence-electron chi connectivity index (χ4n) is 5.37. The maximum absolute atomic E-state index is 13.7. The van der Waals surface area contributed by atoms with Crippen LogP contribution < -0.4 is 0 Å². The number of rotatable bonds is 8. The molecule has 1 aliphatic heterocycles. The number of quaternary nitrogens is 1. The van der Waals surface area contributed by atoms with Gasteiger partial charge in [0.05, 0.1) is 13.1 Å². The number of hydrogen-bond donors (Lipinski definition) is 0. The molecule has 1 saturated heterocycles. The van der Waals surface area contributed by atoms with Crippen LogP contribution >= 0.6 is 0 Å². The predicted molar refractivity (Wildman–Crippen MR) is 122 cm³/mol. The van der Waals surface area contributed by atoms with Crippen molar-refractivity contribution in [3.63, 3.8) is 0 Å². The van der Waals surface area contributed by atoms with E-state index in [2.05, 4.69) is 70.2 Å². The zero-order valence-electron chi connectivity index (χ0n) is 18.8. The van der Waals surface area contributed by atoms with Gasteiger partial charge < -0.3 is 4.48 Å². The highest BCUT2D eigenvalue weighted by atomic mass is 16.1. The summed E-state index contributed by atoms with van der Waals surface area (Å²) in [5.41, 5.74) is 6.51. The van der Waals surface area contributed by atoms with Crippen molar-refractivity contribution in [2.45, 2.75) is 78.8 Å². The van der Waals surface area contributed by atoms with Gasteiger partial charge in [0.25, 0.3) is 0 Å². The lowest BCUT2D eigenvalue weighted by molar-refractivity contribution is -0.959. The average Bonchev–Trinajstić information content (AvgIpc) is 2.72. The van der Waals surface area contributed by atoms with E-state index in [0.29, 0.717) is 12.2 Å². The second-order valence-electron chi connectivity index (χ2n) is 9.00. The molecule has 1 aliphatic rings. The highest BCUT2D eigenvalue weighted by molar-refractivity contribution is 5.85. The summed E-state index contributed by atoms with van der Waals surface area (Å²) < 4.78 is 0.952. The Morgan fingerprint density at radius 2 is 1.55 bits per heavy atom. The summed E-state index contributed by atoms with van der Waals surface area (Å²) in [6, 6.07) is 15.5. The van der Waals surface area contributed by atoms with Gasteiger partial charge in [-0.1, -0.05) is 56.3 Å². The molecule has 0 radical (unpaired) electrons. The molecule has 156 valence electrons. The van der Waals surface area contributed by atoms with Gasteiger partial charge in [0.2, 0.25) is 0 Å². The van der Waals surface area contributed by atoms with Crippen molar-refractivity contribution >= 4 is 5.78 Å². The Morgan fingerprint density at radius 3 is 2.17 bits per heavy atom. The number of piperidine rings is 1. The summed E-state index contributed by atoms with van der Waals surface area (Å²) in [5.74, 6) is 0.429. The van der Waals surface area contributed by atoms with Crippen molar-refractivity contribution in [2.75, 3.05) is 13.1 Å². The monoisotopic (exact) mass is 392 g/mol. The second-order valence-corrected chi connectivity index (χ2v) is 9.00. The zero-order valence-corrected chi connectivity index (χ0v) is 18.8. The van der Waals surface area contributed by atoms with Crippen molar-refractivity contribution in [2.24, 2.45) is 0 Å². The quantitative estimate of drug-likeness (QED) is 0.507. The molecular weight excluding hydrogens is 354 g/mol. The van der Waals surface area contributed by atoms with Crippen LogP contribution in [0, 0.1) is 13.8 Å². The van der Waals surface area contributed by atoms with Crippen molar-refractivity contribution in [3.8, 4) is 0 Å². The number of hydrogen-bond acceptors (Lipinski definition) is 1. The molecule has 1 atom stereocenters. The minimum atomic E-state index is 0.0968. The van der Waals surface area contributed by atoms with E-state index in [-0.39, 0.29) is 6.04 Å². The first-order valence-electron chi connectivity index (χ1n) is 11.5. The van der Waals surface area contributed by atoms with Crippen LogP contribution in [0.2, 0.25) is 0 Å². The van der Waals surface area contributed by atoms with Gasteiger partial charge in [0.1, 0.15) is 12.6 Å². The van der Waals surface area contributed by atoms with E-state index in [1.807, 2.05) is 0 Å². The number of likely N-dealkylation sites (tertiary alicyclic amines) is 1. The summed E-state index contributed by atoms with van der Waals surface area (Å²) >= 11 is 0. The van der Waals surface area contributed by atoms with Gasteiger partial charge >= 0.3 is 0 Å². The van der Waals surface area contributed by atoms with Gasteiger partial charge in [-0.25, -0.2) is 0 Å². The van der Waals surface area contributed by atoms with E-state index in [0.717, 1.165) is 37.0 Å². The van der Waals surface area contributed by atoms with Crippen LogP contribution in [0.15, 0.2) is 42.5 Å². The van der Waals surface area contributed by atoms with Gasteiger partial charge in [0, 0.05) is 18.4 Å². The first-order chi connectivity index (χ1) is 14.0. The Balaban J connectivity index is 1.89. The highest BCUT2D eigenvalue weighted by Gasteiger charge is 2.41. The molecule has 0 bridgehead atoms. The third-order valence-corrected chi connectivity index (χ3v) is 7.02. The Morgan fingerprint density at radius 1 is 0.931 bits per heavy atom. The fraction of sp³-hybridized carbons (Fsp3) is 0.519. The molecule has 0 amide bonds. The van der Waals surface area contributed by atoms with E-state index < -0.39 is 0 Å². The number of aryl methyl sites for hydroxylation is 3. The molecule has 3 rings (SSSR count). The average molecular weight is 393 g/mol. The van der Waals surface area contributed by atoms with Crippen molar-refractivity contribution < 1.29 is 9.28 Å². The van der Waals surface area contributed by atoms with E-state index in [9.17, 15) is 4.79 Å². The SMILES string of the molecule is CCc1cccc(C[N+]2(C(CC)C(=O)Cc3c(C)cccc3C)CCCCC2)c1. The molecule has 2 aromatic rings. The lowest BCUT2D eigenvalue weighted by atomic mass is 9.91. The van der Waals surface area contributed by atoms with Crippen LogP contribution in [0.1, 0.15) is 67.3 Å². The Labute approximate surface area is 177 Å². The first kappa shape index (κ1) is 21.8. The standard InChI is InChI=1S/C27H38NO/c1-5-23-14-11-15-24(18-23)20-28(16-8-7-9-17-28)26(6-2)27(29)19-25-21(3)12-10-13-22(25)4/h10-15,18,26H,5-9,16-17,19-20H2,1-4H3/q+1. The molecule has 0 aromatic heterocycles. The van der Waals surface area contributed by atoms with Gasteiger partial charge in [-0.05, 0) is 61.8 Å². The minimum Gasteiger partial charge on any atom is -0.311 e. The summed E-state index contributed by atoms with van der Waals surface area (Å²) in [6.45, 7) is 12.0. The van der Waals surface area contributed by atoms with Crippen LogP contribution in [0.5, 0.6) is 0 Å². The topological polar surface area (TPSA) is 17.1 Å². The van der Waals surface area contributed by atoms with E-state index in [4.69, 9.17) is 0 Å². The number of carbonyl (C=O) groups excluding carboxylic acids is 1. The third-order valence-electron chi connectivity index (χ3n) is 7.02. The molecule has 0 aliphatic carbocycles. The van der Waals surface area contributed by atoms with E-state index in [1.54, 1.807) is 0 Å². The Bertz CT molecular complexity index is 812. The Kier molecular flexibility index (Phi) is 7.29. The van der Waals surface area contributed by atoms with Crippen molar-refractivity contribution in [3.05, 3.63) is 70.3 Å². The Hall–Kier alpha value is -1.93. The maximum atomic E-state index is 13.7. The van der Waals surface area contributed by atoms with Gasteiger partial charge in [-0.15, -0.1) is 0 Å².